The number of imide groups is 1. The molecule has 0 fully saturated rings. The molecule has 0 aliphatic heterocycles. The molecule has 0 radical (unpaired) electrons. The highest BCUT2D eigenvalue weighted by Gasteiger charge is 2.45. The molecule has 0 N–H and O–H groups in total. The fourth-order valence-electron chi connectivity index (χ4n) is 2.21. The second-order valence-electron chi connectivity index (χ2n) is 8.95. The highest BCUT2D eigenvalue weighted by molar-refractivity contribution is 5.94. The van der Waals surface area contributed by atoms with Crippen LogP contribution in [-0.4, -0.2) is 60.5 Å². The summed E-state index contributed by atoms with van der Waals surface area (Å²) >= 11 is 0. The molecule has 0 saturated carbocycles. The Morgan fingerprint density at radius 2 is 1.14 bits per heavy atom. The van der Waals surface area contributed by atoms with E-state index < -0.39 is 46.8 Å². The molecule has 0 bridgehead atoms. The first-order chi connectivity index (χ1) is 12.4. The summed E-state index contributed by atoms with van der Waals surface area (Å²) in [6.07, 6.45) is -2.42. The molecule has 9 nitrogen and oxygen atoms in total. The average Bonchev–Trinajstić information content (AvgIpc) is 2.48. The normalized spacial score (nSPS) is 13.2. The zero-order chi connectivity index (χ0) is 22.5. The molecule has 0 spiro atoms. The summed E-state index contributed by atoms with van der Waals surface area (Å²) in [6.45, 7) is 12.7. The van der Waals surface area contributed by atoms with Gasteiger partial charge in [-0.05, 0) is 61.8 Å². The second kappa shape index (κ2) is 9.25. The number of carbonyl (C=O) groups is 4. The molecular formula is C19H33NO8. The SMILES string of the molecule is COC(=O)C(CC(C)(C)C(=O)OC)N(C(=O)OC(C)(C)C)C(=O)OC(C)(C)C. The number of ether oxygens (including phenoxy) is 4. The minimum absolute atomic E-state index is 0.245. The summed E-state index contributed by atoms with van der Waals surface area (Å²) in [4.78, 5) is 50.6. The van der Waals surface area contributed by atoms with Crippen molar-refractivity contribution >= 4 is 24.1 Å². The zero-order valence-corrected chi connectivity index (χ0v) is 18.5. The number of hydrogen-bond acceptors (Lipinski definition) is 8. The lowest BCUT2D eigenvalue weighted by molar-refractivity contribution is -0.155. The summed E-state index contributed by atoms with van der Waals surface area (Å²) in [6, 6.07) is -1.45. The van der Waals surface area contributed by atoms with Gasteiger partial charge in [0.1, 0.15) is 17.2 Å². The third kappa shape index (κ3) is 8.14. The summed E-state index contributed by atoms with van der Waals surface area (Å²) in [7, 11) is 2.32. The van der Waals surface area contributed by atoms with Crippen molar-refractivity contribution in [2.24, 2.45) is 5.41 Å². The van der Waals surface area contributed by atoms with E-state index in [2.05, 4.69) is 0 Å². The van der Waals surface area contributed by atoms with Gasteiger partial charge in [-0.15, -0.1) is 0 Å². The van der Waals surface area contributed by atoms with Gasteiger partial charge < -0.3 is 18.9 Å². The van der Waals surface area contributed by atoms with Crippen LogP contribution in [0, 0.1) is 5.41 Å². The first-order valence-corrected chi connectivity index (χ1v) is 8.86. The fourth-order valence-corrected chi connectivity index (χ4v) is 2.21. The molecule has 2 amide bonds. The van der Waals surface area contributed by atoms with Crippen LogP contribution in [-0.2, 0) is 28.5 Å². The Labute approximate surface area is 166 Å². The minimum Gasteiger partial charge on any atom is -0.469 e. The molecule has 162 valence electrons. The van der Waals surface area contributed by atoms with Gasteiger partial charge in [-0.25, -0.2) is 14.4 Å². The van der Waals surface area contributed by atoms with Gasteiger partial charge in [0.15, 0.2) is 0 Å². The molecule has 1 unspecified atom stereocenters. The maximum absolute atomic E-state index is 12.8. The van der Waals surface area contributed by atoms with E-state index in [4.69, 9.17) is 18.9 Å². The minimum atomic E-state index is -1.45. The Morgan fingerprint density at radius 3 is 1.43 bits per heavy atom. The third-order valence-corrected chi connectivity index (χ3v) is 3.41. The van der Waals surface area contributed by atoms with Crippen LogP contribution in [0.2, 0.25) is 0 Å². The van der Waals surface area contributed by atoms with Crippen LogP contribution in [0.25, 0.3) is 0 Å². The van der Waals surface area contributed by atoms with E-state index >= 15 is 0 Å². The molecule has 9 heteroatoms. The monoisotopic (exact) mass is 403 g/mol. The maximum atomic E-state index is 12.8. The lowest BCUT2D eigenvalue weighted by Gasteiger charge is -2.34. The Balaban J connectivity index is 6.15. The van der Waals surface area contributed by atoms with Gasteiger partial charge in [0.05, 0.1) is 19.6 Å². The van der Waals surface area contributed by atoms with Crippen LogP contribution in [0.1, 0.15) is 61.8 Å². The lowest BCUT2D eigenvalue weighted by Crippen LogP contribution is -2.54. The predicted molar refractivity (Wildman–Crippen MR) is 101 cm³/mol. The number of amides is 2. The Kier molecular flexibility index (Phi) is 8.48. The van der Waals surface area contributed by atoms with E-state index in [1.807, 2.05) is 0 Å². The molecule has 28 heavy (non-hydrogen) atoms. The first kappa shape index (κ1) is 25.7. The average molecular weight is 403 g/mol. The molecule has 0 aliphatic rings. The highest BCUT2D eigenvalue weighted by Crippen LogP contribution is 2.29. The van der Waals surface area contributed by atoms with Gasteiger partial charge in [-0.1, -0.05) is 0 Å². The third-order valence-electron chi connectivity index (χ3n) is 3.41. The van der Waals surface area contributed by atoms with Crippen molar-refractivity contribution in [3.63, 3.8) is 0 Å². The molecule has 0 aromatic rings. The number of carbonyl (C=O) groups excluding carboxylic acids is 4. The van der Waals surface area contributed by atoms with Crippen LogP contribution in [0.5, 0.6) is 0 Å². The van der Waals surface area contributed by atoms with Gasteiger partial charge in [-0.3, -0.25) is 4.79 Å². The van der Waals surface area contributed by atoms with Crippen LogP contribution in [0.15, 0.2) is 0 Å². The van der Waals surface area contributed by atoms with Crippen molar-refractivity contribution in [1.82, 2.24) is 4.90 Å². The van der Waals surface area contributed by atoms with Gasteiger partial charge in [0, 0.05) is 0 Å². The van der Waals surface area contributed by atoms with E-state index in [-0.39, 0.29) is 6.42 Å². The lowest BCUT2D eigenvalue weighted by atomic mass is 9.85. The van der Waals surface area contributed by atoms with Gasteiger partial charge in [-0.2, -0.15) is 4.90 Å². The number of rotatable bonds is 5. The smallest absolute Gasteiger partial charge is 0.420 e. The summed E-state index contributed by atoms with van der Waals surface area (Å²) in [5, 5.41) is 0. The Morgan fingerprint density at radius 1 is 0.750 bits per heavy atom. The molecule has 0 aliphatic carbocycles. The molecule has 0 aromatic heterocycles. The maximum Gasteiger partial charge on any atom is 0.420 e. The molecule has 0 aromatic carbocycles. The molecule has 0 rings (SSSR count). The summed E-state index contributed by atoms with van der Waals surface area (Å²) in [5.74, 6) is -1.51. The summed E-state index contributed by atoms with van der Waals surface area (Å²) < 4.78 is 20.1. The van der Waals surface area contributed by atoms with Gasteiger partial charge in [0.25, 0.3) is 0 Å². The fraction of sp³-hybridized carbons (Fsp3) is 0.789. The van der Waals surface area contributed by atoms with Crippen LogP contribution < -0.4 is 0 Å². The molecule has 1 atom stereocenters. The van der Waals surface area contributed by atoms with Crippen molar-refractivity contribution < 1.29 is 38.1 Å². The molecular weight excluding hydrogens is 370 g/mol. The summed E-state index contributed by atoms with van der Waals surface area (Å²) in [5.41, 5.74) is -3.07. The molecule has 0 saturated heterocycles. The largest absolute Gasteiger partial charge is 0.469 e. The first-order valence-electron chi connectivity index (χ1n) is 8.86. The van der Waals surface area contributed by atoms with Crippen molar-refractivity contribution in [3.05, 3.63) is 0 Å². The van der Waals surface area contributed by atoms with E-state index in [1.54, 1.807) is 41.5 Å². The predicted octanol–water partition coefficient (Wildman–Crippen LogP) is 3.29. The topological polar surface area (TPSA) is 108 Å². The highest BCUT2D eigenvalue weighted by atomic mass is 16.6. The van der Waals surface area contributed by atoms with E-state index in [9.17, 15) is 19.2 Å². The molecule has 0 heterocycles. The van der Waals surface area contributed by atoms with Gasteiger partial charge in [0.2, 0.25) is 0 Å². The zero-order valence-electron chi connectivity index (χ0n) is 18.5. The van der Waals surface area contributed by atoms with Crippen LogP contribution in [0.3, 0.4) is 0 Å². The van der Waals surface area contributed by atoms with Crippen LogP contribution in [0.4, 0.5) is 9.59 Å². The standard InChI is InChI=1S/C19H33NO8/c1-17(2,3)27-15(23)20(16(24)28-18(4,5)6)12(13(21)25-9)11-19(7,8)14(22)26-10/h12H,11H2,1-10H3. The van der Waals surface area contributed by atoms with Crippen molar-refractivity contribution in [1.29, 1.82) is 0 Å². The van der Waals surface area contributed by atoms with Crippen molar-refractivity contribution in [2.45, 2.75) is 79.1 Å². The quantitative estimate of drug-likeness (QED) is 0.508. The Hall–Kier alpha value is -2.32. The van der Waals surface area contributed by atoms with E-state index in [0.717, 1.165) is 7.11 Å². The number of methoxy groups -OCH3 is 2. The number of nitrogens with zero attached hydrogens (tertiary/aromatic N) is 1. The van der Waals surface area contributed by atoms with E-state index in [0.29, 0.717) is 4.90 Å². The van der Waals surface area contributed by atoms with Crippen molar-refractivity contribution in [2.75, 3.05) is 14.2 Å². The van der Waals surface area contributed by atoms with Gasteiger partial charge >= 0.3 is 24.1 Å². The Bertz CT molecular complexity index is 570. The van der Waals surface area contributed by atoms with Crippen LogP contribution >= 0.6 is 0 Å². The van der Waals surface area contributed by atoms with Crippen molar-refractivity contribution in [3.8, 4) is 0 Å². The number of hydrogen-bond donors (Lipinski definition) is 0. The second-order valence-corrected chi connectivity index (χ2v) is 8.95. The number of esters is 2. The van der Waals surface area contributed by atoms with E-state index in [1.165, 1.54) is 21.0 Å².